The van der Waals surface area contributed by atoms with E-state index in [1.54, 1.807) is 24.0 Å². The van der Waals surface area contributed by atoms with Gasteiger partial charge in [0.15, 0.2) is 0 Å². The summed E-state index contributed by atoms with van der Waals surface area (Å²) in [5.41, 5.74) is 3.64. The third-order valence-corrected chi connectivity index (χ3v) is 5.30. The number of hydrogen-bond acceptors (Lipinski definition) is 6. The zero-order valence-corrected chi connectivity index (χ0v) is 14.9. The largest absolute Gasteiger partial charge is 0.444 e. The van der Waals surface area contributed by atoms with Crippen molar-refractivity contribution in [2.75, 3.05) is 48.8 Å². The lowest BCUT2D eigenvalue weighted by atomic mass is 10.2. The lowest BCUT2D eigenvalue weighted by Crippen LogP contribution is -2.42. The molecule has 1 aromatic rings. The van der Waals surface area contributed by atoms with Gasteiger partial charge in [-0.1, -0.05) is 0 Å². The minimum Gasteiger partial charge on any atom is -0.444 e. The molecule has 1 N–H and O–H groups in total. The highest BCUT2D eigenvalue weighted by molar-refractivity contribution is 7.88. The number of sulfonamides is 1. The first-order chi connectivity index (χ1) is 11.8. The molecule has 0 saturated carbocycles. The van der Waals surface area contributed by atoms with Crippen molar-refractivity contribution in [3.8, 4) is 0 Å². The Morgan fingerprint density at radius 2 is 2.04 bits per heavy atom. The Morgan fingerprint density at radius 1 is 1.28 bits per heavy atom. The van der Waals surface area contributed by atoms with E-state index in [1.165, 1.54) is 15.4 Å². The summed E-state index contributed by atoms with van der Waals surface area (Å²) in [7, 11) is -3.35. The number of rotatable bonds is 3. The molecule has 2 saturated heterocycles. The van der Waals surface area contributed by atoms with Gasteiger partial charge in [-0.05, 0) is 25.1 Å². The third-order valence-electron chi connectivity index (χ3n) is 4.19. The van der Waals surface area contributed by atoms with Crippen LogP contribution in [0.4, 0.5) is 20.6 Å². The molecule has 2 aliphatic rings. The quantitative estimate of drug-likeness (QED) is 0.844. The zero-order chi connectivity index (χ0) is 18.2. The van der Waals surface area contributed by atoms with E-state index in [4.69, 9.17) is 4.74 Å². The van der Waals surface area contributed by atoms with Crippen molar-refractivity contribution in [3.05, 3.63) is 24.0 Å². The van der Waals surface area contributed by atoms with Crippen LogP contribution >= 0.6 is 0 Å². The zero-order valence-electron chi connectivity index (χ0n) is 14.1. The number of hydrazine groups is 1. The molecule has 1 atom stereocenters. The summed E-state index contributed by atoms with van der Waals surface area (Å²) in [6.45, 7) is 3.58. The number of nitrogens with zero attached hydrogens (tertiary/aromatic N) is 3. The molecule has 138 valence electrons. The maximum atomic E-state index is 14.6. The lowest BCUT2D eigenvalue weighted by Gasteiger charge is -2.24. The van der Waals surface area contributed by atoms with Gasteiger partial charge in [0.25, 0.3) is 0 Å². The minimum absolute atomic E-state index is 0.218. The number of amides is 1. The monoisotopic (exact) mass is 372 g/mol. The molecule has 0 bridgehead atoms. The molecule has 3 rings (SSSR count). The predicted molar refractivity (Wildman–Crippen MR) is 91.5 cm³/mol. The van der Waals surface area contributed by atoms with E-state index in [1.807, 2.05) is 0 Å². The van der Waals surface area contributed by atoms with Gasteiger partial charge in [-0.15, -0.1) is 4.41 Å². The molecule has 2 heterocycles. The molecule has 2 fully saturated rings. The molecule has 0 spiro atoms. The highest BCUT2D eigenvalue weighted by Crippen LogP contribution is 2.28. The van der Waals surface area contributed by atoms with E-state index in [0.29, 0.717) is 37.6 Å². The summed E-state index contributed by atoms with van der Waals surface area (Å²) < 4.78 is 44.1. The van der Waals surface area contributed by atoms with Crippen molar-refractivity contribution in [3.63, 3.8) is 0 Å². The lowest BCUT2D eigenvalue weighted by molar-refractivity contribution is 0.150. The number of hydrogen-bond donors (Lipinski definition) is 1. The van der Waals surface area contributed by atoms with Crippen molar-refractivity contribution < 1.29 is 22.3 Å². The molecule has 0 unspecified atom stereocenters. The van der Waals surface area contributed by atoms with Gasteiger partial charge in [0, 0.05) is 26.2 Å². The van der Waals surface area contributed by atoms with Crippen LogP contribution in [-0.4, -0.2) is 64.0 Å². The Labute approximate surface area is 146 Å². The van der Waals surface area contributed by atoms with Gasteiger partial charge in [0.05, 0.1) is 24.2 Å². The minimum atomic E-state index is -3.35. The van der Waals surface area contributed by atoms with Crippen molar-refractivity contribution >= 4 is 27.5 Å². The van der Waals surface area contributed by atoms with E-state index in [-0.39, 0.29) is 12.6 Å². The number of benzene rings is 1. The Bertz CT molecular complexity index is 773. The number of carbonyl (C=O) groups is 1. The van der Waals surface area contributed by atoms with Crippen LogP contribution in [0.5, 0.6) is 0 Å². The van der Waals surface area contributed by atoms with Crippen LogP contribution in [0.25, 0.3) is 0 Å². The van der Waals surface area contributed by atoms with Gasteiger partial charge < -0.3 is 9.64 Å². The second kappa shape index (κ2) is 6.77. The molecule has 1 aromatic carbocycles. The molecule has 2 aliphatic heterocycles. The van der Waals surface area contributed by atoms with Crippen molar-refractivity contribution in [1.29, 1.82) is 0 Å². The van der Waals surface area contributed by atoms with Crippen LogP contribution < -0.4 is 15.2 Å². The normalized spacial score (nSPS) is 22.8. The molecular formula is C15H21FN4O4S. The van der Waals surface area contributed by atoms with Gasteiger partial charge in [0.1, 0.15) is 11.9 Å². The van der Waals surface area contributed by atoms with Gasteiger partial charge in [-0.25, -0.2) is 23.0 Å². The van der Waals surface area contributed by atoms with Gasteiger partial charge in [-0.3, -0.25) is 4.90 Å². The summed E-state index contributed by atoms with van der Waals surface area (Å²) in [5, 5.41) is 0. The number of halogens is 1. The van der Waals surface area contributed by atoms with Gasteiger partial charge in [-0.2, -0.15) is 0 Å². The Morgan fingerprint density at radius 3 is 2.64 bits per heavy atom. The molecule has 1 amide bonds. The molecule has 0 radical (unpaired) electrons. The summed E-state index contributed by atoms with van der Waals surface area (Å²) in [6.07, 6.45) is 0.414. The SMILES string of the molecule is C[C@H]1CN(c2ccc(N3CCNN(S(C)(=O)=O)CC3)c(F)c2)C(=O)O1. The fourth-order valence-corrected chi connectivity index (χ4v) is 3.71. The molecule has 25 heavy (non-hydrogen) atoms. The fraction of sp³-hybridized carbons (Fsp3) is 0.533. The first-order valence-corrected chi connectivity index (χ1v) is 9.84. The highest BCUT2D eigenvalue weighted by Gasteiger charge is 2.30. The maximum Gasteiger partial charge on any atom is 0.414 e. The first kappa shape index (κ1) is 17.9. The maximum absolute atomic E-state index is 14.6. The summed E-state index contributed by atoms with van der Waals surface area (Å²) in [4.78, 5) is 14.9. The fourth-order valence-electron chi connectivity index (χ4n) is 2.97. The topological polar surface area (TPSA) is 82.2 Å². The average molecular weight is 372 g/mol. The third kappa shape index (κ3) is 3.86. The Balaban J connectivity index is 1.76. The van der Waals surface area contributed by atoms with Crippen LogP contribution in [-0.2, 0) is 14.8 Å². The Hall–Kier alpha value is -1.91. The average Bonchev–Trinajstić information content (AvgIpc) is 2.73. The number of carbonyl (C=O) groups excluding carboxylic acids is 1. The second-order valence-corrected chi connectivity index (χ2v) is 8.08. The van der Waals surface area contributed by atoms with Crippen LogP contribution in [0.15, 0.2) is 18.2 Å². The number of anilines is 2. The molecule has 0 aromatic heterocycles. The molecular weight excluding hydrogens is 351 g/mol. The summed E-state index contributed by atoms with van der Waals surface area (Å²) >= 11 is 0. The van der Waals surface area contributed by atoms with Crippen LogP contribution in [0.3, 0.4) is 0 Å². The predicted octanol–water partition coefficient (Wildman–Crippen LogP) is 0.757. The van der Waals surface area contributed by atoms with E-state index >= 15 is 0 Å². The van der Waals surface area contributed by atoms with Gasteiger partial charge >= 0.3 is 6.09 Å². The molecule has 10 heteroatoms. The molecule has 8 nitrogen and oxygen atoms in total. The van der Waals surface area contributed by atoms with E-state index < -0.39 is 21.9 Å². The van der Waals surface area contributed by atoms with E-state index in [9.17, 15) is 17.6 Å². The van der Waals surface area contributed by atoms with E-state index in [0.717, 1.165) is 6.26 Å². The smallest absolute Gasteiger partial charge is 0.414 e. The number of ether oxygens (including phenoxy) is 1. The molecule has 0 aliphatic carbocycles. The highest BCUT2D eigenvalue weighted by atomic mass is 32.2. The number of nitrogens with one attached hydrogen (secondary N) is 1. The summed E-state index contributed by atoms with van der Waals surface area (Å²) in [5.74, 6) is -0.461. The Kier molecular flexibility index (Phi) is 4.85. The summed E-state index contributed by atoms with van der Waals surface area (Å²) in [6, 6.07) is 4.59. The standard InChI is InChI=1S/C15H21FN4O4S/c1-11-10-19(15(21)24-11)12-3-4-14(13(16)9-12)18-6-5-17-20(8-7-18)25(2,22)23/h3-4,9,11,17H,5-8,10H2,1-2H3/t11-/m0/s1. The van der Waals surface area contributed by atoms with E-state index in [2.05, 4.69) is 5.43 Å². The van der Waals surface area contributed by atoms with Crippen molar-refractivity contribution in [2.45, 2.75) is 13.0 Å². The van der Waals surface area contributed by atoms with Crippen molar-refractivity contribution in [1.82, 2.24) is 9.84 Å². The first-order valence-electron chi connectivity index (χ1n) is 7.99. The van der Waals surface area contributed by atoms with Gasteiger partial charge in [0.2, 0.25) is 10.0 Å². The van der Waals surface area contributed by atoms with Crippen molar-refractivity contribution in [2.24, 2.45) is 0 Å². The number of cyclic esters (lactones) is 1. The second-order valence-electron chi connectivity index (χ2n) is 6.17. The van der Waals surface area contributed by atoms with Crippen LogP contribution in [0, 0.1) is 5.82 Å². The van der Waals surface area contributed by atoms with Crippen LogP contribution in [0.1, 0.15) is 6.92 Å². The van der Waals surface area contributed by atoms with Crippen LogP contribution in [0.2, 0.25) is 0 Å².